The molecule has 1 heterocycles. The summed E-state index contributed by atoms with van der Waals surface area (Å²) in [7, 11) is 0. The van der Waals surface area contributed by atoms with Gasteiger partial charge in [0.15, 0.2) is 5.16 Å². The van der Waals surface area contributed by atoms with E-state index in [1.54, 1.807) is 11.8 Å². The van der Waals surface area contributed by atoms with Crippen molar-refractivity contribution in [3.63, 3.8) is 0 Å². The zero-order valence-electron chi connectivity index (χ0n) is 15.9. The lowest BCUT2D eigenvalue weighted by Gasteiger charge is -2.07. The summed E-state index contributed by atoms with van der Waals surface area (Å²) >= 11 is 2.99. The van der Waals surface area contributed by atoms with Crippen LogP contribution in [-0.2, 0) is 17.0 Å². The normalized spacial score (nSPS) is 10.7. The van der Waals surface area contributed by atoms with Gasteiger partial charge >= 0.3 is 0 Å². The molecule has 1 aromatic heterocycles. The number of aryl methyl sites for hydroxylation is 1. The van der Waals surface area contributed by atoms with Crippen molar-refractivity contribution in [1.82, 2.24) is 9.97 Å². The quantitative estimate of drug-likeness (QED) is 0.327. The molecule has 0 unspecified atom stereocenters. The van der Waals surface area contributed by atoms with Gasteiger partial charge in [-0.15, -0.1) is 0 Å². The van der Waals surface area contributed by atoms with Crippen LogP contribution in [0.25, 0.3) is 0 Å². The number of benzene rings is 1. The molecule has 0 aliphatic heterocycles. The minimum absolute atomic E-state index is 0.116. The van der Waals surface area contributed by atoms with Crippen LogP contribution in [0.2, 0.25) is 0 Å². The first-order valence-corrected chi connectivity index (χ1v) is 11.4. The number of H-pyrrole nitrogens is 1. The van der Waals surface area contributed by atoms with Gasteiger partial charge in [-0.1, -0.05) is 44.2 Å². The van der Waals surface area contributed by atoms with Crippen molar-refractivity contribution in [3.05, 3.63) is 51.9 Å². The highest BCUT2D eigenvalue weighted by Gasteiger charge is 2.07. The number of thioether (sulfide) groups is 2. The molecule has 1 amide bonds. The summed E-state index contributed by atoms with van der Waals surface area (Å²) in [5.74, 6) is 1.83. The molecular formula is C20H27N3O2S2. The lowest BCUT2D eigenvalue weighted by Crippen LogP contribution is -2.15. The summed E-state index contributed by atoms with van der Waals surface area (Å²) < 4.78 is 0. The zero-order chi connectivity index (χ0) is 19.5. The first kappa shape index (κ1) is 21.6. The van der Waals surface area contributed by atoms with Crippen molar-refractivity contribution in [2.24, 2.45) is 0 Å². The second kappa shape index (κ2) is 11.9. The molecular weight excluding hydrogens is 378 g/mol. The fraction of sp³-hybridized carbons (Fsp3) is 0.450. The van der Waals surface area contributed by atoms with Crippen molar-refractivity contribution in [2.75, 3.05) is 16.8 Å². The van der Waals surface area contributed by atoms with Gasteiger partial charge in [-0.05, 0) is 42.7 Å². The highest BCUT2D eigenvalue weighted by molar-refractivity contribution is 7.99. The van der Waals surface area contributed by atoms with Crippen molar-refractivity contribution in [3.8, 4) is 0 Å². The predicted octanol–water partition coefficient (Wildman–Crippen LogP) is 4.49. The van der Waals surface area contributed by atoms with E-state index >= 15 is 0 Å². The SMILES string of the molecule is CCCCc1ccc(NC(=O)CSc2nc(CSCCC)cc(=O)[nH]2)cc1. The number of aromatic nitrogens is 2. The summed E-state index contributed by atoms with van der Waals surface area (Å²) in [5, 5.41) is 3.37. The topological polar surface area (TPSA) is 74.8 Å². The van der Waals surface area contributed by atoms with Gasteiger partial charge in [-0.25, -0.2) is 4.98 Å². The summed E-state index contributed by atoms with van der Waals surface area (Å²) in [6, 6.07) is 9.48. The smallest absolute Gasteiger partial charge is 0.251 e. The molecule has 0 saturated heterocycles. The van der Waals surface area contributed by atoms with Gasteiger partial charge in [0.1, 0.15) is 0 Å². The number of amides is 1. The molecule has 5 nitrogen and oxygen atoms in total. The van der Waals surface area contributed by atoms with Crippen molar-refractivity contribution in [2.45, 2.75) is 50.4 Å². The third-order valence-corrected chi connectivity index (χ3v) is 5.84. The Bertz CT molecular complexity index is 776. The van der Waals surface area contributed by atoms with E-state index in [2.05, 4.69) is 41.3 Å². The lowest BCUT2D eigenvalue weighted by atomic mass is 10.1. The zero-order valence-corrected chi connectivity index (χ0v) is 17.5. The van der Waals surface area contributed by atoms with Gasteiger partial charge in [-0.2, -0.15) is 11.8 Å². The maximum absolute atomic E-state index is 12.2. The summed E-state index contributed by atoms with van der Waals surface area (Å²) in [5.41, 5.74) is 2.64. The van der Waals surface area contributed by atoms with Crippen LogP contribution in [0, 0.1) is 0 Å². The van der Waals surface area contributed by atoms with Crippen LogP contribution < -0.4 is 10.9 Å². The number of hydrogen-bond donors (Lipinski definition) is 2. The van der Waals surface area contributed by atoms with Gasteiger partial charge in [0.2, 0.25) is 5.91 Å². The Kier molecular flexibility index (Phi) is 9.48. The average molecular weight is 406 g/mol. The van der Waals surface area contributed by atoms with Crippen LogP contribution in [0.1, 0.15) is 44.4 Å². The van der Waals surface area contributed by atoms with E-state index in [-0.39, 0.29) is 17.2 Å². The van der Waals surface area contributed by atoms with E-state index in [9.17, 15) is 9.59 Å². The van der Waals surface area contributed by atoms with Crippen molar-refractivity contribution < 1.29 is 4.79 Å². The van der Waals surface area contributed by atoms with Gasteiger partial charge in [0, 0.05) is 17.5 Å². The Morgan fingerprint density at radius 2 is 1.96 bits per heavy atom. The number of unbranched alkanes of at least 4 members (excludes halogenated alkanes) is 1. The number of nitrogens with one attached hydrogen (secondary N) is 2. The highest BCUT2D eigenvalue weighted by atomic mass is 32.2. The molecule has 2 aromatic rings. The summed E-state index contributed by atoms with van der Waals surface area (Å²) in [4.78, 5) is 31.1. The Morgan fingerprint density at radius 1 is 1.19 bits per heavy atom. The molecule has 27 heavy (non-hydrogen) atoms. The molecule has 0 aliphatic carbocycles. The fourth-order valence-corrected chi connectivity index (χ4v) is 3.90. The number of rotatable bonds is 11. The van der Waals surface area contributed by atoms with Gasteiger partial charge < -0.3 is 10.3 Å². The Balaban J connectivity index is 1.85. The first-order chi connectivity index (χ1) is 13.1. The molecule has 1 aromatic carbocycles. The molecule has 146 valence electrons. The molecule has 2 rings (SSSR count). The number of hydrogen-bond acceptors (Lipinski definition) is 5. The predicted molar refractivity (Wildman–Crippen MR) is 116 cm³/mol. The largest absolute Gasteiger partial charge is 0.325 e. The van der Waals surface area contributed by atoms with Gasteiger partial charge in [0.25, 0.3) is 5.56 Å². The number of carbonyl (C=O) groups excluding carboxylic acids is 1. The highest BCUT2D eigenvalue weighted by Crippen LogP contribution is 2.16. The van der Waals surface area contributed by atoms with Crippen molar-refractivity contribution >= 4 is 35.1 Å². The van der Waals surface area contributed by atoms with E-state index in [1.807, 2.05) is 12.1 Å². The van der Waals surface area contributed by atoms with Gasteiger partial charge in [0.05, 0.1) is 11.4 Å². The Morgan fingerprint density at radius 3 is 2.67 bits per heavy atom. The number of aromatic amines is 1. The second-order valence-electron chi connectivity index (χ2n) is 6.23. The molecule has 0 atom stereocenters. The Hall–Kier alpha value is -1.73. The third kappa shape index (κ3) is 8.22. The van der Waals surface area contributed by atoms with Crippen LogP contribution in [0.15, 0.2) is 40.3 Å². The van der Waals surface area contributed by atoms with E-state index < -0.39 is 0 Å². The number of carbonyl (C=O) groups is 1. The van der Waals surface area contributed by atoms with Crippen LogP contribution in [0.5, 0.6) is 0 Å². The van der Waals surface area contributed by atoms with Crippen LogP contribution >= 0.6 is 23.5 Å². The number of nitrogens with zero attached hydrogens (tertiary/aromatic N) is 1. The third-order valence-electron chi connectivity index (χ3n) is 3.77. The summed E-state index contributed by atoms with van der Waals surface area (Å²) in [6.45, 7) is 4.30. The fourth-order valence-electron chi connectivity index (χ4n) is 2.41. The van der Waals surface area contributed by atoms with Gasteiger partial charge in [-0.3, -0.25) is 9.59 Å². The maximum atomic E-state index is 12.2. The monoisotopic (exact) mass is 405 g/mol. The minimum Gasteiger partial charge on any atom is -0.325 e. The van der Waals surface area contributed by atoms with Crippen LogP contribution in [0.4, 0.5) is 5.69 Å². The summed E-state index contributed by atoms with van der Waals surface area (Å²) in [6.07, 6.45) is 4.50. The van der Waals surface area contributed by atoms with Crippen LogP contribution in [0.3, 0.4) is 0 Å². The van der Waals surface area contributed by atoms with E-state index in [4.69, 9.17) is 0 Å². The molecule has 0 spiro atoms. The number of anilines is 1. The molecule has 0 radical (unpaired) electrons. The molecule has 2 N–H and O–H groups in total. The van der Waals surface area contributed by atoms with E-state index in [0.29, 0.717) is 10.9 Å². The molecule has 0 aliphatic rings. The molecule has 0 fully saturated rings. The van der Waals surface area contributed by atoms with Crippen molar-refractivity contribution in [1.29, 1.82) is 0 Å². The molecule has 7 heteroatoms. The minimum atomic E-state index is -0.178. The van der Waals surface area contributed by atoms with E-state index in [0.717, 1.165) is 30.0 Å². The molecule has 0 bridgehead atoms. The lowest BCUT2D eigenvalue weighted by molar-refractivity contribution is -0.113. The maximum Gasteiger partial charge on any atom is 0.251 e. The second-order valence-corrected chi connectivity index (χ2v) is 8.30. The van der Waals surface area contributed by atoms with E-state index in [1.165, 1.54) is 36.2 Å². The van der Waals surface area contributed by atoms with Crippen LogP contribution in [-0.4, -0.2) is 27.4 Å². The molecule has 0 saturated carbocycles. The Labute approximate surface area is 169 Å². The standard InChI is InChI=1S/C20H27N3O2S2/c1-3-5-6-15-7-9-16(10-8-15)21-19(25)14-27-20-22-17(12-18(24)23-20)13-26-11-4-2/h7-10,12H,3-6,11,13-14H2,1-2H3,(H,21,25)(H,22,23,24). The average Bonchev–Trinajstić information content (AvgIpc) is 2.66. The first-order valence-electron chi connectivity index (χ1n) is 9.30.